The molecule has 0 unspecified atom stereocenters. The fourth-order valence-electron chi connectivity index (χ4n) is 3.73. The average molecular weight is 366 g/mol. The summed E-state index contributed by atoms with van der Waals surface area (Å²) in [5, 5.41) is 11.7. The van der Waals surface area contributed by atoms with Crippen molar-refractivity contribution >= 4 is 16.7 Å². The molecule has 3 aliphatic rings. The van der Waals surface area contributed by atoms with E-state index in [1.807, 2.05) is 0 Å². The lowest BCUT2D eigenvalue weighted by Gasteiger charge is -2.14. The van der Waals surface area contributed by atoms with Gasteiger partial charge in [-0.25, -0.2) is 4.79 Å². The van der Waals surface area contributed by atoms with Crippen molar-refractivity contribution in [2.45, 2.75) is 6.61 Å². The highest BCUT2D eigenvalue weighted by Gasteiger charge is 2.33. The standard InChI is InChI=1S/C20H12O7/c21-19-11-5-16-15(26-8-27-16)4-10(11)17(18-12(19)6-23-20(18)22)9-1-2-13-14(3-9)25-7-24-13/h1-5,21H,6-8H2/i8D2. The van der Waals surface area contributed by atoms with Crippen molar-refractivity contribution in [3.63, 3.8) is 0 Å². The van der Waals surface area contributed by atoms with Crippen LogP contribution in [0.5, 0.6) is 28.7 Å². The maximum atomic E-state index is 12.5. The monoisotopic (exact) mass is 366 g/mol. The summed E-state index contributed by atoms with van der Waals surface area (Å²) in [6.45, 7) is -2.25. The first kappa shape index (κ1) is 12.7. The predicted molar refractivity (Wildman–Crippen MR) is 92.4 cm³/mol. The molecule has 0 amide bonds. The van der Waals surface area contributed by atoms with Crippen LogP contribution in [0.2, 0.25) is 0 Å². The van der Waals surface area contributed by atoms with Crippen LogP contribution in [0, 0.1) is 0 Å². The normalized spacial score (nSPS) is 18.9. The van der Waals surface area contributed by atoms with Crippen molar-refractivity contribution in [2.24, 2.45) is 0 Å². The molecule has 0 saturated carbocycles. The molecule has 7 heteroatoms. The molecule has 0 fully saturated rings. The lowest BCUT2D eigenvalue weighted by molar-refractivity contribution is 0.0535. The topological polar surface area (TPSA) is 83.5 Å². The van der Waals surface area contributed by atoms with Gasteiger partial charge < -0.3 is 28.8 Å². The number of benzene rings is 3. The first-order chi connectivity index (χ1) is 13.9. The molecule has 3 aromatic rings. The number of hydrogen-bond acceptors (Lipinski definition) is 7. The highest BCUT2D eigenvalue weighted by atomic mass is 16.7. The molecule has 27 heavy (non-hydrogen) atoms. The average Bonchev–Trinajstić information content (AvgIpc) is 3.36. The van der Waals surface area contributed by atoms with Crippen molar-refractivity contribution < 1.29 is 36.3 Å². The minimum absolute atomic E-state index is 0.0528. The number of cyclic esters (lactones) is 1. The predicted octanol–water partition coefficient (Wildman–Crippen LogP) is 3.34. The third-order valence-electron chi connectivity index (χ3n) is 4.96. The number of aromatic hydroxyl groups is 1. The smallest absolute Gasteiger partial charge is 0.339 e. The summed E-state index contributed by atoms with van der Waals surface area (Å²) in [5.74, 6) is 0.833. The maximum absolute atomic E-state index is 12.5. The molecular weight excluding hydrogens is 352 g/mol. The first-order valence-electron chi connectivity index (χ1n) is 9.22. The first-order valence-corrected chi connectivity index (χ1v) is 8.22. The summed E-state index contributed by atoms with van der Waals surface area (Å²) < 4.78 is 41.8. The van der Waals surface area contributed by atoms with E-state index < -0.39 is 12.7 Å². The Bertz CT molecular complexity index is 1250. The number of carbonyl (C=O) groups is 1. The molecule has 0 aliphatic carbocycles. The second kappa shape index (κ2) is 4.97. The summed E-state index contributed by atoms with van der Waals surface area (Å²) >= 11 is 0. The fourth-order valence-corrected chi connectivity index (χ4v) is 3.73. The van der Waals surface area contributed by atoms with Crippen molar-refractivity contribution in [2.75, 3.05) is 13.5 Å². The minimum atomic E-state index is -2.31. The molecule has 0 radical (unpaired) electrons. The van der Waals surface area contributed by atoms with Gasteiger partial charge in [-0.05, 0) is 35.2 Å². The zero-order chi connectivity index (χ0) is 19.9. The van der Waals surface area contributed by atoms with Crippen molar-refractivity contribution in [1.82, 2.24) is 0 Å². The van der Waals surface area contributed by atoms with Gasteiger partial charge >= 0.3 is 5.97 Å². The second-order valence-corrected chi connectivity index (χ2v) is 6.35. The third-order valence-corrected chi connectivity index (χ3v) is 4.96. The Labute approximate surface area is 155 Å². The molecule has 3 heterocycles. The Morgan fingerprint density at radius 1 is 0.852 bits per heavy atom. The van der Waals surface area contributed by atoms with Gasteiger partial charge in [-0.3, -0.25) is 0 Å². The molecular formula is C20H12O7. The van der Waals surface area contributed by atoms with Crippen LogP contribution in [0.4, 0.5) is 0 Å². The van der Waals surface area contributed by atoms with Crippen molar-refractivity contribution in [3.05, 3.63) is 41.5 Å². The number of esters is 1. The van der Waals surface area contributed by atoms with Crippen LogP contribution < -0.4 is 18.9 Å². The number of fused-ring (bicyclic) bond motifs is 4. The Morgan fingerprint density at radius 2 is 1.59 bits per heavy atom. The van der Waals surface area contributed by atoms with Crippen molar-refractivity contribution in [3.8, 4) is 39.9 Å². The van der Waals surface area contributed by atoms with E-state index in [1.165, 1.54) is 6.07 Å². The lowest BCUT2D eigenvalue weighted by Crippen LogP contribution is -1.99. The highest BCUT2D eigenvalue weighted by molar-refractivity contribution is 6.13. The van der Waals surface area contributed by atoms with Crippen LogP contribution in [0.3, 0.4) is 0 Å². The van der Waals surface area contributed by atoms with E-state index in [2.05, 4.69) is 0 Å². The van der Waals surface area contributed by atoms with Gasteiger partial charge in [-0.1, -0.05) is 6.07 Å². The molecule has 7 nitrogen and oxygen atoms in total. The molecule has 6 rings (SSSR count). The van der Waals surface area contributed by atoms with Crippen LogP contribution in [-0.4, -0.2) is 24.6 Å². The van der Waals surface area contributed by atoms with Crippen molar-refractivity contribution in [1.29, 1.82) is 0 Å². The molecule has 1 N–H and O–H groups in total. The molecule has 134 valence electrons. The maximum Gasteiger partial charge on any atom is 0.339 e. The SMILES string of the molecule is [2H]C1([2H])Oc2cc3c(O)c4c(c(-c5ccc6c(c5)OCO6)c3cc2O1)C(=O)OC4. The summed E-state index contributed by atoms with van der Waals surface area (Å²) in [7, 11) is 0. The number of ether oxygens (including phenoxy) is 5. The van der Waals surface area contributed by atoms with Gasteiger partial charge in [-0.2, -0.15) is 0 Å². The van der Waals surface area contributed by atoms with E-state index in [0.29, 0.717) is 39.0 Å². The summed E-state index contributed by atoms with van der Waals surface area (Å²) in [6, 6.07) is 8.35. The Hall–Kier alpha value is -3.61. The number of phenolic OH excluding ortho intramolecular Hbond substituents is 1. The largest absolute Gasteiger partial charge is 0.507 e. The summed E-state index contributed by atoms with van der Waals surface area (Å²) in [4.78, 5) is 12.5. The number of phenols is 1. The zero-order valence-electron chi connectivity index (χ0n) is 15.7. The van der Waals surface area contributed by atoms with Crippen LogP contribution in [0.15, 0.2) is 30.3 Å². The van der Waals surface area contributed by atoms with E-state index >= 15 is 0 Å². The molecule has 0 spiro atoms. The van der Waals surface area contributed by atoms with Crippen LogP contribution in [0.25, 0.3) is 21.9 Å². The Morgan fingerprint density at radius 3 is 2.44 bits per heavy atom. The number of carbonyl (C=O) groups excluding carboxylic acids is 1. The second-order valence-electron chi connectivity index (χ2n) is 6.35. The van der Waals surface area contributed by atoms with Crippen LogP contribution in [-0.2, 0) is 11.3 Å². The van der Waals surface area contributed by atoms with Crippen LogP contribution >= 0.6 is 0 Å². The van der Waals surface area contributed by atoms with E-state index in [1.54, 1.807) is 24.3 Å². The third kappa shape index (κ3) is 1.88. The number of hydrogen-bond donors (Lipinski definition) is 1. The fraction of sp³-hybridized carbons (Fsp3) is 0.150. The van der Waals surface area contributed by atoms with Gasteiger partial charge in [0.2, 0.25) is 13.5 Å². The van der Waals surface area contributed by atoms with Gasteiger partial charge in [0.05, 0.1) is 5.56 Å². The number of rotatable bonds is 1. The van der Waals surface area contributed by atoms with E-state index in [9.17, 15) is 9.90 Å². The van der Waals surface area contributed by atoms with Crippen LogP contribution in [0.1, 0.15) is 18.7 Å². The van der Waals surface area contributed by atoms with Gasteiger partial charge in [0.15, 0.2) is 23.0 Å². The van der Waals surface area contributed by atoms with E-state index in [0.717, 1.165) is 0 Å². The van der Waals surface area contributed by atoms with E-state index in [-0.39, 0.29) is 36.2 Å². The lowest BCUT2D eigenvalue weighted by atomic mass is 9.89. The zero-order valence-corrected chi connectivity index (χ0v) is 13.7. The van der Waals surface area contributed by atoms with Gasteiger partial charge in [-0.15, -0.1) is 0 Å². The van der Waals surface area contributed by atoms with Gasteiger partial charge in [0.25, 0.3) is 0 Å². The van der Waals surface area contributed by atoms with Gasteiger partial charge in [0.1, 0.15) is 15.1 Å². The molecule has 0 atom stereocenters. The summed E-state index contributed by atoms with van der Waals surface area (Å²) in [6.07, 6.45) is 0. The molecule has 3 aromatic carbocycles. The Balaban J connectivity index is 1.70. The molecule has 0 bridgehead atoms. The summed E-state index contributed by atoms with van der Waals surface area (Å²) in [5.41, 5.74) is 1.83. The molecule has 0 aromatic heterocycles. The Kier molecular flexibility index (Phi) is 2.34. The quantitative estimate of drug-likeness (QED) is 0.661. The highest BCUT2D eigenvalue weighted by Crippen LogP contribution is 2.49. The molecule has 3 aliphatic heterocycles. The van der Waals surface area contributed by atoms with E-state index in [4.69, 9.17) is 26.4 Å². The minimum Gasteiger partial charge on any atom is -0.507 e. The van der Waals surface area contributed by atoms with Gasteiger partial charge in [0, 0.05) is 16.5 Å². The molecule has 0 saturated heterocycles.